The highest BCUT2D eigenvalue weighted by Crippen LogP contribution is 2.39. The number of halogens is 4. The average Bonchev–Trinajstić information content (AvgIpc) is 3.12. The van der Waals surface area contributed by atoms with Crippen LogP contribution in [0, 0.1) is 6.92 Å². The fourth-order valence-corrected chi connectivity index (χ4v) is 1.87. The van der Waals surface area contributed by atoms with Crippen molar-refractivity contribution in [2.24, 2.45) is 0 Å². The molecular weight excluding hydrogens is 279 g/mol. The van der Waals surface area contributed by atoms with Crippen LogP contribution < -0.4 is 5.32 Å². The van der Waals surface area contributed by atoms with Crippen molar-refractivity contribution in [3.8, 4) is 0 Å². The lowest BCUT2D eigenvalue weighted by Crippen LogP contribution is -2.13. The van der Waals surface area contributed by atoms with Gasteiger partial charge in [-0.3, -0.25) is 0 Å². The Balaban J connectivity index is 1.95. The monoisotopic (exact) mass is 293 g/mol. The Hall–Kier alpha value is -1.04. The molecule has 2 rings (SSSR count). The summed E-state index contributed by atoms with van der Waals surface area (Å²) in [6.07, 6.45) is -2.80. The highest BCUT2D eigenvalue weighted by atomic mass is 35.5. The second kappa shape index (κ2) is 5.53. The predicted molar refractivity (Wildman–Crippen MR) is 67.5 cm³/mol. The van der Waals surface area contributed by atoms with Gasteiger partial charge in [-0.2, -0.15) is 13.2 Å². The zero-order chi connectivity index (χ0) is 14.0. The predicted octanol–water partition coefficient (Wildman–Crippen LogP) is 4.07. The van der Waals surface area contributed by atoms with E-state index < -0.39 is 12.6 Å². The molecular formula is C12H15ClF3N3. The summed E-state index contributed by atoms with van der Waals surface area (Å²) >= 11 is 6.01. The number of nitrogens with zero attached hydrogens (tertiary/aromatic N) is 2. The molecule has 0 bridgehead atoms. The number of alkyl halides is 3. The summed E-state index contributed by atoms with van der Waals surface area (Å²) in [6.45, 7) is 1.98. The highest BCUT2D eigenvalue weighted by molar-refractivity contribution is 6.30. The largest absolute Gasteiger partial charge is 0.389 e. The fourth-order valence-electron chi connectivity index (χ4n) is 1.70. The first-order valence-electron chi connectivity index (χ1n) is 6.21. The summed E-state index contributed by atoms with van der Waals surface area (Å²) in [5, 5.41) is 3.28. The minimum absolute atomic E-state index is 0.0172. The highest BCUT2D eigenvalue weighted by Gasteiger charge is 2.28. The molecule has 1 N–H and O–H groups in total. The first-order chi connectivity index (χ1) is 8.87. The van der Waals surface area contributed by atoms with Gasteiger partial charge in [-0.25, -0.2) is 9.97 Å². The summed E-state index contributed by atoms with van der Waals surface area (Å²) in [5.41, 5.74) is 0.679. The van der Waals surface area contributed by atoms with E-state index in [2.05, 4.69) is 15.3 Å². The molecule has 3 nitrogen and oxygen atoms in total. The molecule has 1 fully saturated rings. The third kappa shape index (κ3) is 4.23. The maximum absolute atomic E-state index is 12.0. The van der Waals surface area contributed by atoms with Gasteiger partial charge in [0.05, 0.1) is 0 Å². The van der Waals surface area contributed by atoms with E-state index in [1.807, 2.05) is 0 Å². The SMILES string of the molecule is Cc1c(Cl)nc(C2CC2)nc1NCCCC(F)(F)F. The van der Waals surface area contributed by atoms with Crippen molar-refractivity contribution in [1.82, 2.24) is 9.97 Å². The first kappa shape index (κ1) is 14.4. The van der Waals surface area contributed by atoms with Crippen LogP contribution in [0.1, 0.15) is 43.0 Å². The van der Waals surface area contributed by atoms with Crippen molar-refractivity contribution < 1.29 is 13.2 Å². The smallest absolute Gasteiger partial charge is 0.370 e. The standard InChI is InChI=1S/C12H15ClF3N3/c1-7-9(13)18-11(8-3-4-8)19-10(7)17-6-2-5-12(14,15)16/h8H,2-6H2,1H3,(H,17,18,19). The number of hydrogen-bond acceptors (Lipinski definition) is 3. The minimum atomic E-state index is -4.11. The van der Waals surface area contributed by atoms with Crippen LogP contribution in [-0.2, 0) is 0 Å². The molecule has 0 spiro atoms. The Morgan fingerprint density at radius 2 is 2.00 bits per heavy atom. The van der Waals surface area contributed by atoms with Gasteiger partial charge in [0.1, 0.15) is 16.8 Å². The second-order valence-electron chi connectivity index (χ2n) is 4.77. The van der Waals surface area contributed by atoms with Gasteiger partial charge < -0.3 is 5.32 Å². The van der Waals surface area contributed by atoms with E-state index in [4.69, 9.17) is 11.6 Å². The molecule has 0 aromatic carbocycles. The van der Waals surface area contributed by atoms with Crippen LogP contribution in [0.5, 0.6) is 0 Å². The molecule has 1 heterocycles. The van der Waals surface area contributed by atoms with Gasteiger partial charge in [0.25, 0.3) is 0 Å². The zero-order valence-electron chi connectivity index (χ0n) is 10.5. The summed E-state index contributed by atoms with van der Waals surface area (Å²) in [7, 11) is 0. The quantitative estimate of drug-likeness (QED) is 0.657. The topological polar surface area (TPSA) is 37.8 Å². The first-order valence-corrected chi connectivity index (χ1v) is 6.59. The molecule has 0 saturated heterocycles. The van der Waals surface area contributed by atoms with E-state index in [0.717, 1.165) is 12.8 Å². The summed E-state index contributed by atoms with van der Waals surface area (Å²) in [6, 6.07) is 0. The molecule has 0 radical (unpaired) electrons. The van der Waals surface area contributed by atoms with Crippen molar-refractivity contribution in [2.75, 3.05) is 11.9 Å². The molecule has 1 saturated carbocycles. The van der Waals surface area contributed by atoms with Gasteiger partial charge in [-0.05, 0) is 26.2 Å². The van der Waals surface area contributed by atoms with Crippen molar-refractivity contribution in [3.05, 3.63) is 16.5 Å². The minimum Gasteiger partial charge on any atom is -0.370 e. The average molecular weight is 294 g/mol. The normalized spacial score (nSPS) is 15.6. The van der Waals surface area contributed by atoms with Gasteiger partial charge in [-0.1, -0.05) is 11.6 Å². The van der Waals surface area contributed by atoms with Crippen LogP contribution in [-0.4, -0.2) is 22.7 Å². The summed E-state index contributed by atoms with van der Waals surface area (Å²) in [5.74, 6) is 1.59. The molecule has 106 valence electrons. The van der Waals surface area contributed by atoms with Gasteiger partial charge in [0.2, 0.25) is 0 Å². The Labute approximate surface area is 114 Å². The van der Waals surface area contributed by atoms with Crippen LogP contribution in [0.4, 0.5) is 19.0 Å². The summed E-state index contributed by atoms with van der Waals surface area (Å²) < 4.78 is 36.1. The Bertz CT molecular complexity index is 458. The number of nitrogens with one attached hydrogen (secondary N) is 1. The lowest BCUT2D eigenvalue weighted by Gasteiger charge is -2.12. The van der Waals surface area contributed by atoms with Crippen molar-refractivity contribution >= 4 is 17.4 Å². The molecule has 0 atom stereocenters. The van der Waals surface area contributed by atoms with E-state index in [1.54, 1.807) is 6.92 Å². The van der Waals surface area contributed by atoms with Gasteiger partial charge in [0.15, 0.2) is 0 Å². The second-order valence-corrected chi connectivity index (χ2v) is 5.12. The van der Waals surface area contributed by atoms with Gasteiger partial charge in [0, 0.05) is 24.4 Å². The van der Waals surface area contributed by atoms with E-state index in [-0.39, 0.29) is 13.0 Å². The van der Waals surface area contributed by atoms with E-state index >= 15 is 0 Å². The molecule has 7 heteroatoms. The molecule has 19 heavy (non-hydrogen) atoms. The third-order valence-corrected chi connectivity index (χ3v) is 3.34. The third-order valence-electron chi connectivity index (χ3n) is 2.98. The molecule has 1 aliphatic rings. The maximum Gasteiger partial charge on any atom is 0.389 e. The van der Waals surface area contributed by atoms with Crippen LogP contribution >= 0.6 is 11.6 Å². The molecule has 0 amide bonds. The van der Waals surface area contributed by atoms with Gasteiger partial charge >= 0.3 is 6.18 Å². The Morgan fingerprint density at radius 3 is 2.58 bits per heavy atom. The molecule has 1 aromatic rings. The van der Waals surface area contributed by atoms with Crippen LogP contribution in [0.3, 0.4) is 0 Å². The van der Waals surface area contributed by atoms with Crippen LogP contribution in [0.2, 0.25) is 5.15 Å². The molecule has 1 aromatic heterocycles. The zero-order valence-corrected chi connectivity index (χ0v) is 11.3. The fraction of sp³-hybridized carbons (Fsp3) is 0.667. The van der Waals surface area contributed by atoms with Crippen molar-refractivity contribution in [3.63, 3.8) is 0 Å². The molecule has 0 aliphatic heterocycles. The number of rotatable bonds is 5. The van der Waals surface area contributed by atoms with Crippen LogP contribution in [0.15, 0.2) is 0 Å². The summed E-state index contributed by atoms with van der Waals surface area (Å²) in [4.78, 5) is 8.54. The Morgan fingerprint density at radius 1 is 1.32 bits per heavy atom. The number of hydrogen-bond donors (Lipinski definition) is 1. The van der Waals surface area contributed by atoms with E-state index in [9.17, 15) is 13.2 Å². The molecule has 0 unspecified atom stereocenters. The molecule has 1 aliphatic carbocycles. The Kier molecular flexibility index (Phi) is 4.18. The van der Waals surface area contributed by atoms with E-state index in [0.29, 0.717) is 28.3 Å². The lowest BCUT2D eigenvalue weighted by molar-refractivity contribution is -0.134. The van der Waals surface area contributed by atoms with Crippen molar-refractivity contribution in [2.45, 2.75) is 44.7 Å². The number of aromatic nitrogens is 2. The van der Waals surface area contributed by atoms with Crippen LogP contribution in [0.25, 0.3) is 0 Å². The van der Waals surface area contributed by atoms with Gasteiger partial charge in [-0.15, -0.1) is 0 Å². The van der Waals surface area contributed by atoms with E-state index in [1.165, 1.54) is 0 Å². The maximum atomic E-state index is 12.0. The van der Waals surface area contributed by atoms with Crippen molar-refractivity contribution in [1.29, 1.82) is 0 Å². The number of anilines is 1. The lowest BCUT2D eigenvalue weighted by atomic mass is 10.2.